The highest BCUT2D eigenvalue weighted by atomic mass is 16.1. The average Bonchev–Trinajstić information content (AvgIpc) is 2.51. The van der Waals surface area contributed by atoms with Crippen molar-refractivity contribution >= 4 is 5.91 Å². The van der Waals surface area contributed by atoms with Crippen LogP contribution >= 0.6 is 0 Å². The summed E-state index contributed by atoms with van der Waals surface area (Å²) >= 11 is 0. The summed E-state index contributed by atoms with van der Waals surface area (Å²) in [5.41, 5.74) is 5.15. The van der Waals surface area contributed by atoms with Crippen LogP contribution in [0, 0.1) is 0 Å². The van der Waals surface area contributed by atoms with E-state index in [9.17, 15) is 4.79 Å². The molecule has 1 amide bonds. The average molecular weight is 196 g/mol. The van der Waals surface area contributed by atoms with E-state index in [-0.39, 0.29) is 18.0 Å². The molecule has 0 aromatic carbocycles. The highest BCUT2D eigenvalue weighted by molar-refractivity contribution is 5.79. The summed E-state index contributed by atoms with van der Waals surface area (Å²) in [5, 5.41) is 3.06. The normalized spacial score (nSPS) is 15.1. The van der Waals surface area contributed by atoms with Gasteiger partial charge in [-0.15, -0.1) is 0 Å². The van der Waals surface area contributed by atoms with Gasteiger partial charge in [0.2, 0.25) is 5.91 Å². The number of hydrogen-bond donors (Lipinski definition) is 2. The van der Waals surface area contributed by atoms with Crippen LogP contribution in [-0.2, 0) is 11.8 Å². The van der Waals surface area contributed by atoms with Crippen molar-refractivity contribution in [2.75, 3.05) is 0 Å². The Hall–Kier alpha value is -1.36. The summed E-state index contributed by atoms with van der Waals surface area (Å²) in [6.45, 7) is 3.68. The second-order valence-corrected chi connectivity index (χ2v) is 3.41. The quantitative estimate of drug-likeness (QED) is 0.708. The zero-order valence-corrected chi connectivity index (χ0v) is 8.69. The number of nitrogens with one attached hydrogen (secondary N) is 1. The molecule has 3 N–H and O–H groups in total. The van der Waals surface area contributed by atoms with Gasteiger partial charge in [-0.2, -0.15) is 0 Å². The Morgan fingerprint density at radius 3 is 2.71 bits per heavy atom. The van der Waals surface area contributed by atoms with E-state index in [1.165, 1.54) is 0 Å². The van der Waals surface area contributed by atoms with Crippen LogP contribution in [-0.4, -0.2) is 21.5 Å². The Morgan fingerprint density at radius 1 is 1.64 bits per heavy atom. The largest absolute Gasteiger partial charge is 0.368 e. The van der Waals surface area contributed by atoms with Crippen LogP contribution in [0.3, 0.4) is 0 Å². The molecule has 2 atom stereocenters. The van der Waals surface area contributed by atoms with Gasteiger partial charge in [-0.3, -0.25) is 10.1 Å². The minimum absolute atomic E-state index is 0.0116. The van der Waals surface area contributed by atoms with E-state index in [1.54, 1.807) is 13.1 Å². The van der Waals surface area contributed by atoms with Crippen LogP contribution in [0.25, 0.3) is 0 Å². The molecule has 0 radical (unpaired) electrons. The molecule has 5 nitrogen and oxygen atoms in total. The summed E-state index contributed by atoms with van der Waals surface area (Å²) in [7, 11) is 1.91. The van der Waals surface area contributed by atoms with Crippen molar-refractivity contribution in [1.29, 1.82) is 0 Å². The van der Waals surface area contributed by atoms with E-state index in [2.05, 4.69) is 10.3 Å². The van der Waals surface area contributed by atoms with Gasteiger partial charge in [-0.1, -0.05) is 0 Å². The zero-order chi connectivity index (χ0) is 10.7. The van der Waals surface area contributed by atoms with Crippen LogP contribution in [0.2, 0.25) is 0 Å². The highest BCUT2D eigenvalue weighted by Crippen LogP contribution is 2.08. The number of carbonyl (C=O) groups is 1. The first-order valence-corrected chi connectivity index (χ1v) is 4.55. The Kier molecular flexibility index (Phi) is 3.24. The SMILES string of the molecule is CC(NC(C)c1nccn1C)C(N)=O. The second-order valence-electron chi connectivity index (χ2n) is 3.41. The molecule has 0 bridgehead atoms. The molecule has 1 heterocycles. The fraction of sp³-hybridized carbons (Fsp3) is 0.556. The van der Waals surface area contributed by atoms with Crippen molar-refractivity contribution in [2.24, 2.45) is 12.8 Å². The molecule has 0 saturated heterocycles. The lowest BCUT2D eigenvalue weighted by molar-refractivity contribution is -0.119. The molecule has 0 aliphatic carbocycles. The van der Waals surface area contributed by atoms with Gasteiger partial charge < -0.3 is 10.3 Å². The topological polar surface area (TPSA) is 72.9 Å². The van der Waals surface area contributed by atoms with Crippen molar-refractivity contribution in [3.8, 4) is 0 Å². The number of rotatable bonds is 4. The molecular weight excluding hydrogens is 180 g/mol. The molecule has 1 aromatic heterocycles. The predicted octanol–water partition coefficient (Wildman–Crippen LogP) is -0.0555. The lowest BCUT2D eigenvalue weighted by Gasteiger charge is -2.17. The van der Waals surface area contributed by atoms with Gasteiger partial charge in [0.15, 0.2) is 0 Å². The maximum Gasteiger partial charge on any atom is 0.234 e. The number of nitrogens with zero attached hydrogens (tertiary/aromatic N) is 2. The van der Waals surface area contributed by atoms with Crippen LogP contribution in [0.15, 0.2) is 12.4 Å². The molecule has 0 fully saturated rings. The van der Waals surface area contributed by atoms with Crippen LogP contribution in [0.4, 0.5) is 0 Å². The van der Waals surface area contributed by atoms with Crippen LogP contribution in [0.5, 0.6) is 0 Å². The van der Waals surface area contributed by atoms with E-state index in [1.807, 2.05) is 24.7 Å². The van der Waals surface area contributed by atoms with Crippen molar-refractivity contribution in [3.05, 3.63) is 18.2 Å². The summed E-state index contributed by atoms with van der Waals surface area (Å²) in [6, 6.07) is -0.334. The Labute approximate surface area is 83.3 Å². The van der Waals surface area contributed by atoms with E-state index >= 15 is 0 Å². The van der Waals surface area contributed by atoms with E-state index in [0.717, 1.165) is 5.82 Å². The molecule has 0 spiro atoms. The minimum atomic E-state index is -0.356. The first-order valence-electron chi connectivity index (χ1n) is 4.55. The summed E-state index contributed by atoms with van der Waals surface area (Å²) < 4.78 is 1.91. The lowest BCUT2D eigenvalue weighted by Crippen LogP contribution is -2.40. The third kappa shape index (κ3) is 2.32. The minimum Gasteiger partial charge on any atom is -0.368 e. The number of aryl methyl sites for hydroxylation is 1. The molecule has 14 heavy (non-hydrogen) atoms. The molecule has 0 saturated carbocycles. The predicted molar refractivity (Wildman–Crippen MR) is 53.4 cm³/mol. The summed E-state index contributed by atoms with van der Waals surface area (Å²) in [4.78, 5) is 15.0. The monoisotopic (exact) mass is 196 g/mol. The number of carbonyl (C=O) groups excluding carboxylic acids is 1. The maximum atomic E-state index is 10.8. The van der Waals surface area contributed by atoms with Gasteiger partial charge in [0.25, 0.3) is 0 Å². The number of hydrogen-bond acceptors (Lipinski definition) is 3. The summed E-state index contributed by atoms with van der Waals surface area (Å²) in [6.07, 6.45) is 3.59. The second kappa shape index (κ2) is 4.23. The van der Waals surface area contributed by atoms with Crippen LogP contribution in [0.1, 0.15) is 25.7 Å². The summed E-state index contributed by atoms with van der Waals surface area (Å²) in [5.74, 6) is 0.532. The number of aromatic nitrogens is 2. The molecule has 0 aliphatic rings. The third-order valence-electron chi connectivity index (χ3n) is 2.17. The molecule has 1 rings (SSSR count). The van der Waals surface area contributed by atoms with Crippen molar-refractivity contribution in [2.45, 2.75) is 25.9 Å². The molecule has 2 unspecified atom stereocenters. The van der Waals surface area contributed by atoms with E-state index in [0.29, 0.717) is 0 Å². The van der Waals surface area contributed by atoms with Gasteiger partial charge >= 0.3 is 0 Å². The number of primary amides is 1. The first kappa shape index (κ1) is 10.7. The number of imidazole rings is 1. The van der Waals surface area contributed by atoms with E-state index < -0.39 is 0 Å². The number of amides is 1. The lowest BCUT2D eigenvalue weighted by atomic mass is 10.2. The van der Waals surface area contributed by atoms with Crippen molar-refractivity contribution < 1.29 is 4.79 Å². The molecule has 78 valence electrons. The Morgan fingerprint density at radius 2 is 2.29 bits per heavy atom. The molecule has 0 aliphatic heterocycles. The fourth-order valence-electron chi connectivity index (χ4n) is 1.33. The van der Waals surface area contributed by atoms with Gasteiger partial charge in [-0.25, -0.2) is 4.98 Å². The maximum absolute atomic E-state index is 10.8. The van der Waals surface area contributed by atoms with Crippen molar-refractivity contribution in [1.82, 2.24) is 14.9 Å². The van der Waals surface area contributed by atoms with E-state index in [4.69, 9.17) is 5.73 Å². The van der Waals surface area contributed by atoms with Gasteiger partial charge in [0.05, 0.1) is 12.1 Å². The van der Waals surface area contributed by atoms with Gasteiger partial charge in [-0.05, 0) is 13.8 Å². The standard InChI is InChI=1S/C9H16N4O/c1-6(8(10)14)12-7(2)9-11-4-5-13(9)3/h4-7,12H,1-3H3,(H2,10,14). The Balaban J connectivity index is 2.63. The van der Waals surface area contributed by atoms with Crippen molar-refractivity contribution in [3.63, 3.8) is 0 Å². The fourth-order valence-corrected chi connectivity index (χ4v) is 1.33. The van der Waals surface area contributed by atoms with Gasteiger partial charge in [0, 0.05) is 19.4 Å². The Bertz CT molecular complexity index is 320. The van der Waals surface area contributed by atoms with Gasteiger partial charge in [0.1, 0.15) is 5.82 Å². The number of nitrogens with two attached hydrogens (primary N) is 1. The molecule has 1 aromatic rings. The van der Waals surface area contributed by atoms with Crippen LogP contribution < -0.4 is 11.1 Å². The third-order valence-corrected chi connectivity index (χ3v) is 2.17. The molecule has 5 heteroatoms. The smallest absolute Gasteiger partial charge is 0.234 e. The first-order chi connectivity index (χ1) is 6.52. The highest BCUT2D eigenvalue weighted by Gasteiger charge is 2.15. The molecular formula is C9H16N4O. The zero-order valence-electron chi connectivity index (χ0n) is 8.69.